The highest BCUT2D eigenvalue weighted by Gasteiger charge is 2.16. The van der Waals surface area contributed by atoms with Crippen molar-refractivity contribution in [3.63, 3.8) is 0 Å². The van der Waals surface area contributed by atoms with Gasteiger partial charge in [0.15, 0.2) is 11.6 Å². The monoisotopic (exact) mass is 377 g/mol. The zero-order valence-electron chi connectivity index (χ0n) is 15.3. The number of hydrogen-bond acceptors (Lipinski definition) is 2. The van der Waals surface area contributed by atoms with Crippen molar-refractivity contribution in [3.8, 4) is 11.4 Å². The van der Waals surface area contributed by atoms with Gasteiger partial charge in [-0.1, -0.05) is 24.3 Å². The predicted molar refractivity (Wildman–Crippen MR) is 105 cm³/mol. The summed E-state index contributed by atoms with van der Waals surface area (Å²) < 4.78 is 28.5. The van der Waals surface area contributed by atoms with E-state index in [2.05, 4.69) is 10.3 Å². The summed E-state index contributed by atoms with van der Waals surface area (Å²) in [4.78, 5) is 17.2. The van der Waals surface area contributed by atoms with Crippen molar-refractivity contribution in [1.29, 1.82) is 0 Å². The Bertz CT molecular complexity index is 1210. The van der Waals surface area contributed by atoms with Gasteiger partial charge in [-0.25, -0.2) is 13.8 Å². The second kappa shape index (κ2) is 6.88. The van der Waals surface area contributed by atoms with Crippen LogP contribution in [0.4, 0.5) is 14.5 Å². The van der Waals surface area contributed by atoms with E-state index in [0.29, 0.717) is 11.3 Å². The van der Waals surface area contributed by atoms with E-state index in [4.69, 9.17) is 0 Å². The molecule has 6 heteroatoms. The Hall–Kier alpha value is -3.54. The van der Waals surface area contributed by atoms with Crippen molar-refractivity contribution >= 4 is 22.5 Å². The van der Waals surface area contributed by atoms with Crippen LogP contribution in [0.3, 0.4) is 0 Å². The van der Waals surface area contributed by atoms with Gasteiger partial charge in [0.2, 0.25) is 0 Å². The smallest absolute Gasteiger partial charge is 0.274 e. The second-order valence-corrected chi connectivity index (χ2v) is 6.59. The van der Waals surface area contributed by atoms with Crippen molar-refractivity contribution in [3.05, 3.63) is 83.6 Å². The van der Waals surface area contributed by atoms with Gasteiger partial charge >= 0.3 is 0 Å². The second-order valence-electron chi connectivity index (χ2n) is 6.59. The number of carbonyl (C=O) groups is 1. The first-order valence-electron chi connectivity index (χ1n) is 8.73. The molecule has 0 saturated heterocycles. The lowest BCUT2D eigenvalue weighted by atomic mass is 10.1. The van der Waals surface area contributed by atoms with Gasteiger partial charge in [-0.15, -0.1) is 0 Å². The number of rotatable bonds is 3. The van der Waals surface area contributed by atoms with Crippen molar-refractivity contribution in [1.82, 2.24) is 9.55 Å². The molecule has 0 saturated carbocycles. The maximum absolute atomic E-state index is 13.4. The summed E-state index contributed by atoms with van der Waals surface area (Å²) in [5, 5.41) is 3.65. The van der Waals surface area contributed by atoms with Gasteiger partial charge in [-0.05, 0) is 42.8 Å². The molecule has 4 rings (SSSR count). The summed E-state index contributed by atoms with van der Waals surface area (Å²) in [6, 6.07) is 16.9. The molecule has 2 heterocycles. The maximum atomic E-state index is 13.4. The van der Waals surface area contributed by atoms with E-state index >= 15 is 0 Å². The Labute approximate surface area is 160 Å². The van der Waals surface area contributed by atoms with Crippen LogP contribution in [0, 0.1) is 18.6 Å². The average molecular weight is 377 g/mol. The molecule has 0 atom stereocenters. The van der Waals surface area contributed by atoms with Crippen molar-refractivity contribution in [2.45, 2.75) is 6.92 Å². The van der Waals surface area contributed by atoms with E-state index in [1.165, 1.54) is 6.07 Å². The molecular formula is C22H17F2N3O. The van der Waals surface area contributed by atoms with E-state index in [1.807, 2.05) is 54.1 Å². The predicted octanol–water partition coefficient (Wildman–Crippen LogP) is 5.08. The normalized spacial score (nSPS) is 11.0. The van der Waals surface area contributed by atoms with Crippen LogP contribution in [0.2, 0.25) is 0 Å². The zero-order valence-corrected chi connectivity index (χ0v) is 15.3. The van der Waals surface area contributed by atoms with E-state index in [0.717, 1.165) is 28.7 Å². The minimum absolute atomic E-state index is 0.167. The largest absolute Gasteiger partial charge is 0.342 e. The van der Waals surface area contributed by atoms with Crippen LogP contribution in [0.15, 0.2) is 60.7 Å². The number of nitrogens with one attached hydrogen (secondary N) is 1. The number of fused-ring (bicyclic) bond motifs is 1. The van der Waals surface area contributed by atoms with Gasteiger partial charge in [0, 0.05) is 29.7 Å². The molecule has 0 aliphatic rings. The summed E-state index contributed by atoms with van der Waals surface area (Å²) in [7, 11) is 1.94. The number of benzene rings is 2. The van der Waals surface area contributed by atoms with Crippen LogP contribution in [0.25, 0.3) is 22.3 Å². The highest BCUT2D eigenvalue weighted by molar-refractivity contribution is 6.04. The molecule has 4 aromatic rings. The van der Waals surface area contributed by atoms with Crippen LogP contribution >= 0.6 is 0 Å². The number of nitrogens with zero attached hydrogens (tertiary/aromatic N) is 2. The first-order valence-corrected chi connectivity index (χ1v) is 8.73. The first kappa shape index (κ1) is 17.9. The van der Waals surface area contributed by atoms with Gasteiger partial charge in [-0.3, -0.25) is 4.79 Å². The fourth-order valence-electron chi connectivity index (χ4n) is 3.20. The van der Waals surface area contributed by atoms with Gasteiger partial charge < -0.3 is 9.88 Å². The summed E-state index contributed by atoms with van der Waals surface area (Å²) in [5.41, 5.74) is 3.67. The SMILES string of the molecule is Cc1ccc(-c2cc3ccccc3n2C)nc1C(=O)Nc1ccc(F)c(F)c1. The van der Waals surface area contributed by atoms with Crippen molar-refractivity contribution in [2.75, 3.05) is 5.32 Å². The van der Waals surface area contributed by atoms with E-state index in [-0.39, 0.29) is 11.4 Å². The summed E-state index contributed by atoms with van der Waals surface area (Å²) in [5.74, 6) is -2.47. The molecule has 0 aliphatic carbocycles. The lowest BCUT2D eigenvalue weighted by Gasteiger charge is -2.10. The molecule has 0 fully saturated rings. The third-order valence-corrected chi connectivity index (χ3v) is 4.70. The summed E-state index contributed by atoms with van der Waals surface area (Å²) in [6.07, 6.45) is 0. The zero-order chi connectivity index (χ0) is 19.8. The average Bonchev–Trinajstić information content (AvgIpc) is 3.02. The minimum Gasteiger partial charge on any atom is -0.342 e. The number of amides is 1. The number of aryl methyl sites for hydroxylation is 2. The number of para-hydroxylation sites is 1. The van der Waals surface area contributed by atoms with Crippen LogP contribution in [-0.2, 0) is 7.05 Å². The highest BCUT2D eigenvalue weighted by atomic mass is 19.2. The highest BCUT2D eigenvalue weighted by Crippen LogP contribution is 2.27. The topological polar surface area (TPSA) is 46.9 Å². The molecule has 140 valence electrons. The Balaban J connectivity index is 1.71. The Morgan fingerprint density at radius 2 is 1.79 bits per heavy atom. The Morgan fingerprint density at radius 1 is 1.00 bits per heavy atom. The number of hydrogen-bond donors (Lipinski definition) is 1. The van der Waals surface area contributed by atoms with Crippen molar-refractivity contribution in [2.24, 2.45) is 7.05 Å². The molecule has 28 heavy (non-hydrogen) atoms. The standard InChI is InChI=1S/C22H17F2N3O/c1-13-7-10-18(20-11-14-5-3-4-6-19(14)27(20)2)26-21(13)22(28)25-15-8-9-16(23)17(24)12-15/h3-12H,1-2H3,(H,25,28). The summed E-state index contributed by atoms with van der Waals surface area (Å²) >= 11 is 0. The van der Waals surface area contributed by atoms with Gasteiger partial charge in [0.25, 0.3) is 5.91 Å². The maximum Gasteiger partial charge on any atom is 0.274 e. The number of carbonyl (C=O) groups excluding carboxylic acids is 1. The first-order chi connectivity index (χ1) is 13.4. The van der Waals surface area contributed by atoms with E-state index in [1.54, 1.807) is 6.92 Å². The molecule has 0 radical (unpaired) electrons. The molecule has 2 aromatic carbocycles. The van der Waals surface area contributed by atoms with Crippen LogP contribution in [0.5, 0.6) is 0 Å². The van der Waals surface area contributed by atoms with E-state index < -0.39 is 17.5 Å². The number of pyridine rings is 1. The Morgan fingerprint density at radius 3 is 2.54 bits per heavy atom. The molecule has 0 aliphatic heterocycles. The number of aromatic nitrogens is 2. The van der Waals surface area contributed by atoms with Gasteiger partial charge in [0.05, 0.1) is 11.4 Å². The number of anilines is 1. The molecule has 2 aromatic heterocycles. The molecule has 0 spiro atoms. The van der Waals surface area contributed by atoms with Crippen LogP contribution in [0.1, 0.15) is 16.1 Å². The van der Waals surface area contributed by atoms with Gasteiger partial charge in [-0.2, -0.15) is 0 Å². The quantitative estimate of drug-likeness (QED) is 0.541. The van der Waals surface area contributed by atoms with E-state index in [9.17, 15) is 13.6 Å². The van der Waals surface area contributed by atoms with Crippen LogP contribution < -0.4 is 5.32 Å². The fourth-order valence-corrected chi connectivity index (χ4v) is 3.20. The molecule has 1 amide bonds. The molecule has 0 bridgehead atoms. The van der Waals surface area contributed by atoms with Gasteiger partial charge in [0.1, 0.15) is 5.69 Å². The van der Waals surface area contributed by atoms with Crippen molar-refractivity contribution < 1.29 is 13.6 Å². The third-order valence-electron chi connectivity index (χ3n) is 4.70. The molecule has 0 unspecified atom stereocenters. The minimum atomic E-state index is -1.02. The lowest BCUT2D eigenvalue weighted by Crippen LogP contribution is -2.16. The fraction of sp³-hybridized carbons (Fsp3) is 0.0909. The molecule has 4 nitrogen and oxygen atoms in total. The lowest BCUT2D eigenvalue weighted by molar-refractivity contribution is 0.102. The molecule has 1 N–H and O–H groups in total. The van der Waals surface area contributed by atoms with Crippen LogP contribution in [-0.4, -0.2) is 15.5 Å². The summed E-state index contributed by atoms with van der Waals surface area (Å²) in [6.45, 7) is 1.78. The number of halogens is 2. The third kappa shape index (κ3) is 3.13. The molecular weight excluding hydrogens is 360 g/mol. The Kier molecular flexibility index (Phi) is 4.39.